The molecule has 4 rings (SSSR count). The van der Waals surface area contributed by atoms with Crippen LogP contribution in [0.1, 0.15) is 72.5 Å². The van der Waals surface area contributed by atoms with Crippen LogP contribution in [-0.4, -0.2) is 29.6 Å². The number of aliphatic carboxylic acids is 1. The predicted molar refractivity (Wildman–Crippen MR) is 139 cm³/mol. The molecule has 34 heavy (non-hydrogen) atoms. The largest absolute Gasteiger partial charge is 0.481 e. The summed E-state index contributed by atoms with van der Waals surface area (Å²) in [6.45, 7) is 2.39. The Bertz CT molecular complexity index is 1110. The smallest absolute Gasteiger partial charge is 0.305 e. The molecule has 3 N–H and O–H groups in total. The number of carboxylic acids is 1. The summed E-state index contributed by atoms with van der Waals surface area (Å²) in [4.78, 5) is 22.8. The van der Waals surface area contributed by atoms with Crippen LogP contribution in [0.25, 0.3) is 10.8 Å². The minimum Gasteiger partial charge on any atom is -0.481 e. The lowest BCUT2D eigenvalue weighted by atomic mass is 9.80. The molecule has 1 aliphatic rings. The van der Waals surface area contributed by atoms with Crippen LogP contribution < -0.4 is 10.6 Å². The number of hydrogen-bond acceptors (Lipinski definition) is 3. The summed E-state index contributed by atoms with van der Waals surface area (Å²) in [6, 6.07) is 23.6. The number of carbonyl (C=O) groups excluding carboxylic acids is 1. The molecule has 0 bridgehead atoms. The van der Waals surface area contributed by atoms with Gasteiger partial charge in [0.15, 0.2) is 0 Å². The topological polar surface area (TPSA) is 78.4 Å². The predicted octanol–water partition coefficient (Wildman–Crippen LogP) is 5.84. The van der Waals surface area contributed by atoms with E-state index in [9.17, 15) is 9.59 Å². The van der Waals surface area contributed by atoms with E-state index < -0.39 is 5.97 Å². The summed E-state index contributed by atoms with van der Waals surface area (Å²) in [7, 11) is 0. The van der Waals surface area contributed by atoms with Crippen LogP contribution in [0.2, 0.25) is 0 Å². The van der Waals surface area contributed by atoms with Gasteiger partial charge in [-0.25, -0.2) is 0 Å². The highest BCUT2D eigenvalue weighted by molar-refractivity contribution is 5.94. The fourth-order valence-corrected chi connectivity index (χ4v) is 5.01. The minimum absolute atomic E-state index is 0. The number of benzene rings is 3. The summed E-state index contributed by atoms with van der Waals surface area (Å²) >= 11 is 0. The zero-order valence-electron chi connectivity index (χ0n) is 19.5. The minimum atomic E-state index is -0.916. The number of rotatable bonds is 8. The molecule has 0 unspecified atom stereocenters. The highest BCUT2D eigenvalue weighted by atomic mass is 35.5. The second-order valence-electron chi connectivity index (χ2n) is 9.04. The normalized spacial score (nSPS) is 18.6. The van der Waals surface area contributed by atoms with E-state index in [-0.39, 0.29) is 37.3 Å². The van der Waals surface area contributed by atoms with Gasteiger partial charge in [0.25, 0.3) is 5.91 Å². The van der Waals surface area contributed by atoms with Crippen molar-refractivity contribution in [1.82, 2.24) is 10.6 Å². The lowest BCUT2D eigenvalue weighted by Gasteiger charge is -2.32. The van der Waals surface area contributed by atoms with Crippen LogP contribution in [0.4, 0.5) is 0 Å². The Balaban J connectivity index is 0.00000324. The summed E-state index contributed by atoms with van der Waals surface area (Å²) in [6.07, 6.45) is 4.53. The molecule has 5 nitrogen and oxygen atoms in total. The summed E-state index contributed by atoms with van der Waals surface area (Å²) in [5.41, 5.74) is 3.18. The van der Waals surface area contributed by atoms with Crippen LogP contribution in [0.5, 0.6) is 0 Å². The van der Waals surface area contributed by atoms with Gasteiger partial charge in [-0.05, 0) is 66.1 Å². The second kappa shape index (κ2) is 12.0. The van der Waals surface area contributed by atoms with Gasteiger partial charge in [-0.15, -0.1) is 12.4 Å². The molecular weight excluding hydrogens is 448 g/mol. The number of carboxylic acid groups (broad SMARTS) is 1. The third-order valence-corrected chi connectivity index (χ3v) is 6.72. The first-order valence-electron chi connectivity index (χ1n) is 11.8. The molecule has 1 fully saturated rings. The molecule has 0 heterocycles. The quantitative estimate of drug-likeness (QED) is 0.378. The van der Waals surface area contributed by atoms with E-state index in [2.05, 4.69) is 60.0 Å². The number of carbonyl (C=O) groups is 2. The van der Waals surface area contributed by atoms with Gasteiger partial charge in [0.1, 0.15) is 0 Å². The van der Waals surface area contributed by atoms with Gasteiger partial charge < -0.3 is 15.7 Å². The standard InChI is InChI=1S/C28H32N2O3.ClH/c1-19(25-11-5-7-21-6-2-3-10-26(21)25)30-24-9-4-8-23(18-24)20-12-14-22(15-13-20)28(33)29-17-16-27(31)32;/h2-3,5-7,10-15,19,23-24,30H,4,8-9,16-18H2,1H3,(H,29,33)(H,31,32);1H/t19-,23+,24+;/m1./s1. The van der Waals surface area contributed by atoms with Crippen molar-refractivity contribution < 1.29 is 14.7 Å². The van der Waals surface area contributed by atoms with Gasteiger partial charge in [-0.1, -0.05) is 61.0 Å². The average molecular weight is 481 g/mol. The Morgan fingerprint density at radius 1 is 1.00 bits per heavy atom. The van der Waals surface area contributed by atoms with Crippen molar-refractivity contribution in [3.8, 4) is 0 Å². The van der Waals surface area contributed by atoms with Crippen molar-refractivity contribution in [2.45, 2.75) is 57.0 Å². The zero-order valence-corrected chi connectivity index (χ0v) is 20.3. The van der Waals surface area contributed by atoms with Crippen LogP contribution in [-0.2, 0) is 4.79 Å². The van der Waals surface area contributed by atoms with Gasteiger partial charge in [0, 0.05) is 24.2 Å². The van der Waals surface area contributed by atoms with E-state index in [1.165, 1.54) is 34.7 Å². The van der Waals surface area contributed by atoms with Gasteiger partial charge in [-0.2, -0.15) is 0 Å². The van der Waals surface area contributed by atoms with E-state index in [1.807, 2.05) is 24.3 Å². The Labute approximate surface area is 207 Å². The first kappa shape index (κ1) is 25.7. The third kappa shape index (κ3) is 6.37. The lowest BCUT2D eigenvalue weighted by Crippen LogP contribution is -2.35. The van der Waals surface area contributed by atoms with Gasteiger partial charge in [-0.3, -0.25) is 9.59 Å². The number of halogens is 1. The molecule has 3 atom stereocenters. The Hall–Kier alpha value is -2.89. The van der Waals surface area contributed by atoms with Crippen molar-refractivity contribution in [2.24, 2.45) is 0 Å². The number of amides is 1. The average Bonchev–Trinajstić information content (AvgIpc) is 2.83. The van der Waals surface area contributed by atoms with E-state index in [0.29, 0.717) is 17.5 Å². The van der Waals surface area contributed by atoms with Crippen LogP contribution in [0, 0.1) is 0 Å². The molecule has 1 aliphatic carbocycles. The molecule has 0 radical (unpaired) electrons. The van der Waals surface area contributed by atoms with Crippen LogP contribution in [0.15, 0.2) is 66.7 Å². The second-order valence-corrected chi connectivity index (χ2v) is 9.04. The van der Waals surface area contributed by atoms with Crippen molar-refractivity contribution in [3.63, 3.8) is 0 Å². The van der Waals surface area contributed by atoms with E-state index >= 15 is 0 Å². The maximum Gasteiger partial charge on any atom is 0.305 e. The van der Waals surface area contributed by atoms with Crippen molar-refractivity contribution >= 4 is 35.1 Å². The summed E-state index contributed by atoms with van der Waals surface area (Å²) < 4.78 is 0. The van der Waals surface area contributed by atoms with E-state index in [4.69, 9.17) is 5.11 Å². The van der Waals surface area contributed by atoms with Crippen molar-refractivity contribution in [1.29, 1.82) is 0 Å². The first-order valence-corrected chi connectivity index (χ1v) is 11.8. The molecule has 0 aromatic heterocycles. The molecule has 1 amide bonds. The highest BCUT2D eigenvalue weighted by Gasteiger charge is 2.25. The van der Waals surface area contributed by atoms with Crippen LogP contribution >= 0.6 is 12.4 Å². The zero-order chi connectivity index (χ0) is 23.2. The van der Waals surface area contributed by atoms with Gasteiger partial charge in [0.05, 0.1) is 6.42 Å². The Morgan fingerprint density at radius 2 is 1.74 bits per heavy atom. The molecule has 3 aromatic rings. The lowest BCUT2D eigenvalue weighted by molar-refractivity contribution is -0.136. The number of fused-ring (bicyclic) bond motifs is 1. The number of hydrogen-bond donors (Lipinski definition) is 3. The Kier molecular flexibility index (Phi) is 9.08. The fraction of sp³-hybridized carbons (Fsp3) is 0.357. The molecule has 3 aromatic carbocycles. The first-order chi connectivity index (χ1) is 16.0. The molecule has 0 aliphatic heterocycles. The highest BCUT2D eigenvalue weighted by Crippen LogP contribution is 2.34. The molecule has 0 saturated heterocycles. The molecule has 1 saturated carbocycles. The van der Waals surface area contributed by atoms with Crippen molar-refractivity contribution in [2.75, 3.05) is 6.54 Å². The summed E-state index contributed by atoms with van der Waals surface area (Å²) in [5.74, 6) is -0.670. The molecule has 0 spiro atoms. The van der Waals surface area contributed by atoms with E-state index in [0.717, 1.165) is 12.8 Å². The maximum absolute atomic E-state index is 12.2. The Morgan fingerprint density at radius 3 is 2.50 bits per heavy atom. The molecular formula is C28H33ClN2O3. The van der Waals surface area contributed by atoms with E-state index in [1.54, 1.807) is 0 Å². The van der Waals surface area contributed by atoms with Crippen molar-refractivity contribution in [3.05, 3.63) is 83.4 Å². The molecule has 6 heteroatoms. The van der Waals surface area contributed by atoms with Gasteiger partial charge in [0.2, 0.25) is 0 Å². The number of nitrogens with one attached hydrogen (secondary N) is 2. The fourth-order valence-electron chi connectivity index (χ4n) is 5.01. The van der Waals surface area contributed by atoms with Gasteiger partial charge >= 0.3 is 5.97 Å². The van der Waals surface area contributed by atoms with Crippen LogP contribution in [0.3, 0.4) is 0 Å². The SMILES string of the molecule is C[C@@H](N[C@H]1CCC[C@H](c2ccc(C(=O)NCCC(=O)O)cc2)C1)c1cccc2ccccc12.Cl. The third-order valence-electron chi connectivity index (χ3n) is 6.72. The molecule has 180 valence electrons. The monoisotopic (exact) mass is 480 g/mol. The maximum atomic E-state index is 12.2. The summed E-state index contributed by atoms with van der Waals surface area (Å²) in [5, 5.41) is 17.8.